The summed E-state index contributed by atoms with van der Waals surface area (Å²) in [5.41, 5.74) is 6.05. The Labute approximate surface area is 114 Å². The molecule has 1 saturated carbocycles. The van der Waals surface area contributed by atoms with E-state index >= 15 is 0 Å². The quantitative estimate of drug-likeness (QED) is 0.789. The molecule has 2 saturated heterocycles. The average molecular weight is 268 g/mol. The molecule has 4 atom stereocenters. The van der Waals surface area contributed by atoms with Crippen LogP contribution in [0.3, 0.4) is 0 Å². The van der Waals surface area contributed by atoms with Crippen molar-refractivity contribution in [2.75, 3.05) is 18.8 Å². The van der Waals surface area contributed by atoms with E-state index in [0.29, 0.717) is 17.9 Å². The molecule has 0 aromatic carbocycles. The van der Waals surface area contributed by atoms with Crippen molar-refractivity contribution in [1.82, 2.24) is 4.90 Å². The molecule has 0 radical (unpaired) electrons. The number of hydrogen-bond acceptors (Lipinski definition) is 3. The van der Waals surface area contributed by atoms with Gasteiger partial charge in [-0.3, -0.25) is 4.79 Å². The van der Waals surface area contributed by atoms with E-state index in [1.165, 1.54) is 25.0 Å². The van der Waals surface area contributed by atoms with Crippen LogP contribution in [0.4, 0.5) is 0 Å². The normalized spacial score (nSPS) is 40.6. The predicted octanol–water partition coefficient (Wildman–Crippen LogP) is 1.86. The molecule has 0 bridgehead atoms. The first-order valence-corrected chi connectivity index (χ1v) is 8.45. The van der Waals surface area contributed by atoms with Gasteiger partial charge in [0.25, 0.3) is 0 Å². The third-order valence-electron chi connectivity index (χ3n) is 4.86. The molecule has 1 aliphatic carbocycles. The molecule has 4 heteroatoms. The minimum atomic E-state index is 0.257. The molecule has 3 rings (SSSR count). The smallest absolute Gasteiger partial charge is 0.235 e. The summed E-state index contributed by atoms with van der Waals surface area (Å²) in [6, 6.07) is 0.380. The summed E-state index contributed by atoms with van der Waals surface area (Å²) in [5, 5.41) is 0.257. The van der Waals surface area contributed by atoms with Crippen molar-refractivity contribution in [3.63, 3.8) is 0 Å². The zero-order valence-corrected chi connectivity index (χ0v) is 11.8. The standard InChI is InChI=1S/C14H24N2OS/c15-12-5-4-10-8-16(9-11(10)7-12)14(17)13-3-1-2-6-18-13/h10-13H,1-9,15H2/t10-,11+,12?,13?/m1/s1. The van der Waals surface area contributed by atoms with Crippen LogP contribution in [-0.2, 0) is 4.79 Å². The average Bonchev–Trinajstić information content (AvgIpc) is 2.81. The van der Waals surface area contributed by atoms with E-state index in [1.807, 2.05) is 11.8 Å². The van der Waals surface area contributed by atoms with Crippen molar-refractivity contribution < 1.29 is 4.79 Å². The molecule has 3 fully saturated rings. The maximum Gasteiger partial charge on any atom is 0.235 e. The molecular formula is C14H24N2OS. The molecule has 0 aromatic rings. The molecule has 2 aliphatic heterocycles. The lowest BCUT2D eigenvalue weighted by Crippen LogP contribution is -2.37. The van der Waals surface area contributed by atoms with Gasteiger partial charge in [-0.1, -0.05) is 6.42 Å². The fourth-order valence-corrected chi connectivity index (χ4v) is 5.07. The molecule has 0 aromatic heterocycles. The van der Waals surface area contributed by atoms with E-state index < -0.39 is 0 Å². The molecule has 1 amide bonds. The topological polar surface area (TPSA) is 46.3 Å². The van der Waals surface area contributed by atoms with Crippen molar-refractivity contribution >= 4 is 17.7 Å². The van der Waals surface area contributed by atoms with E-state index in [4.69, 9.17) is 5.73 Å². The van der Waals surface area contributed by atoms with Gasteiger partial charge in [0.15, 0.2) is 0 Å². The Kier molecular flexibility index (Phi) is 3.85. The molecule has 3 aliphatic rings. The van der Waals surface area contributed by atoms with Gasteiger partial charge in [0.1, 0.15) is 0 Å². The minimum Gasteiger partial charge on any atom is -0.341 e. The summed E-state index contributed by atoms with van der Waals surface area (Å²) in [7, 11) is 0. The van der Waals surface area contributed by atoms with Gasteiger partial charge in [0.05, 0.1) is 5.25 Å². The number of hydrogen-bond donors (Lipinski definition) is 1. The number of carbonyl (C=O) groups is 1. The van der Waals surface area contributed by atoms with E-state index in [0.717, 1.165) is 38.3 Å². The van der Waals surface area contributed by atoms with Crippen LogP contribution in [0.25, 0.3) is 0 Å². The summed E-state index contributed by atoms with van der Waals surface area (Å²) in [6.45, 7) is 1.99. The minimum absolute atomic E-state index is 0.257. The second kappa shape index (κ2) is 5.41. The van der Waals surface area contributed by atoms with Gasteiger partial charge in [-0.15, -0.1) is 11.8 Å². The third-order valence-corrected chi connectivity index (χ3v) is 6.22. The van der Waals surface area contributed by atoms with Gasteiger partial charge in [-0.2, -0.15) is 0 Å². The van der Waals surface area contributed by atoms with Crippen LogP contribution in [0, 0.1) is 11.8 Å². The van der Waals surface area contributed by atoms with Crippen molar-refractivity contribution in [2.45, 2.75) is 49.8 Å². The number of nitrogens with two attached hydrogens (primary N) is 1. The predicted molar refractivity (Wildman–Crippen MR) is 75.5 cm³/mol. The Morgan fingerprint density at radius 2 is 1.94 bits per heavy atom. The number of carbonyl (C=O) groups excluding carboxylic acids is 1. The summed E-state index contributed by atoms with van der Waals surface area (Å²) < 4.78 is 0. The van der Waals surface area contributed by atoms with E-state index in [-0.39, 0.29) is 5.25 Å². The van der Waals surface area contributed by atoms with Gasteiger partial charge >= 0.3 is 0 Å². The fourth-order valence-electron chi connectivity index (χ4n) is 3.79. The largest absolute Gasteiger partial charge is 0.341 e. The highest BCUT2D eigenvalue weighted by atomic mass is 32.2. The Morgan fingerprint density at radius 1 is 1.11 bits per heavy atom. The Balaban J connectivity index is 1.59. The van der Waals surface area contributed by atoms with Crippen LogP contribution in [0.15, 0.2) is 0 Å². The fraction of sp³-hybridized carbons (Fsp3) is 0.929. The van der Waals surface area contributed by atoms with Crippen LogP contribution in [0.2, 0.25) is 0 Å². The lowest BCUT2D eigenvalue weighted by Gasteiger charge is -2.27. The molecule has 102 valence electrons. The number of rotatable bonds is 1. The zero-order valence-electron chi connectivity index (χ0n) is 11.0. The van der Waals surface area contributed by atoms with Crippen molar-refractivity contribution in [2.24, 2.45) is 17.6 Å². The highest BCUT2D eigenvalue weighted by Crippen LogP contribution is 2.37. The first-order chi connectivity index (χ1) is 8.74. The van der Waals surface area contributed by atoms with E-state index in [9.17, 15) is 4.79 Å². The summed E-state index contributed by atoms with van der Waals surface area (Å²) in [6.07, 6.45) is 7.12. The maximum atomic E-state index is 12.5. The summed E-state index contributed by atoms with van der Waals surface area (Å²) in [5.74, 6) is 3.01. The Hall–Kier alpha value is -0.220. The zero-order chi connectivity index (χ0) is 12.5. The number of fused-ring (bicyclic) bond motifs is 1. The first kappa shape index (κ1) is 12.8. The first-order valence-electron chi connectivity index (χ1n) is 7.40. The SMILES string of the molecule is NC1CC[C@@H]2CN(C(=O)C3CCCCS3)C[C@@H]2C1. The van der Waals surface area contributed by atoms with Crippen molar-refractivity contribution in [3.8, 4) is 0 Å². The lowest BCUT2D eigenvalue weighted by atomic mass is 9.79. The highest BCUT2D eigenvalue weighted by molar-refractivity contribution is 8.00. The Morgan fingerprint density at radius 3 is 2.72 bits per heavy atom. The van der Waals surface area contributed by atoms with Crippen LogP contribution in [0.5, 0.6) is 0 Å². The van der Waals surface area contributed by atoms with E-state index in [1.54, 1.807) is 0 Å². The van der Waals surface area contributed by atoms with Gasteiger partial charge in [0.2, 0.25) is 5.91 Å². The number of nitrogens with zero attached hydrogens (tertiary/aromatic N) is 1. The lowest BCUT2D eigenvalue weighted by molar-refractivity contribution is -0.130. The van der Waals surface area contributed by atoms with Gasteiger partial charge in [-0.05, 0) is 49.7 Å². The third kappa shape index (κ3) is 2.55. The number of amides is 1. The van der Waals surface area contributed by atoms with Gasteiger partial charge in [0, 0.05) is 19.1 Å². The monoisotopic (exact) mass is 268 g/mol. The molecule has 2 unspecified atom stereocenters. The molecule has 3 nitrogen and oxygen atoms in total. The molecule has 18 heavy (non-hydrogen) atoms. The van der Waals surface area contributed by atoms with Gasteiger partial charge < -0.3 is 10.6 Å². The van der Waals surface area contributed by atoms with Crippen molar-refractivity contribution in [1.29, 1.82) is 0 Å². The van der Waals surface area contributed by atoms with E-state index in [2.05, 4.69) is 4.90 Å². The van der Waals surface area contributed by atoms with Crippen molar-refractivity contribution in [3.05, 3.63) is 0 Å². The second-order valence-electron chi connectivity index (χ2n) is 6.19. The summed E-state index contributed by atoms with van der Waals surface area (Å²) >= 11 is 1.88. The molecule has 2 heterocycles. The number of thioether (sulfide) groups is 1. The second-order valence-corrected chi connectivity index (χ2v) is 7.50. The number of likely N-dealkylation sites (tertiary alicyclic amines) is 1. The van der Waals surface area contributed by atoms with Crippen LogP contribution in [0.1, 0.15) is 38.5 Å². The summed E-state index contributed by atoms with van der Waals surface area (Å²) in [4.78, 5) is 14.6. The van der Waals surface area contributed by atoms with Crippen LogP contribution in [-0.4, -0.2) is 40.9 Å². The molecule has 0 spiro atoms. The molecular weight excluding hydrogens is 244 g/mol. The maximum absolute atomic E-state index is 12.5. The molecule has 2 N–H and O–H groups in total. The van der Waals surface area contributed by atoms with Crippen LogP contribution >= 0.6 is 11.8 Å². The van der Waals surface area contributed by atoms with Gasteiger partial charge in [-0.25, -0.2) is 0 Å². The Bertz CT molecular complexity index is 317. The van der Waals surface area contributed by atoms with Crippen LogP contribution < -0.4 is 5.73 Å². The highest BCUT2D eigenvalue weighted by Gasteiger charge is 2.40.